The summed E-state index contributed by atoms with van der Waals surface area (Å²) in [6.45, 7) is 0. The Hall–Kier alpha value is -4.60. The number of non-ortho nitro benzene ring substituents is 2. The Morgan fingerprint density at radius 1 is 0.688 bits per heavy atom. The van der Waals surface area contributed by atoms with E-state index < -0.39 is 9.85 Å². The SMILES string of the molecule is COc1cc([N+](=O)[O-])ccc1N=Cc1ccc(C=Nc2ccc([N+](=O)[O-])cc2OC)cc1. The Bertz CT molecular complexity index is 1110. The van der Waals surface area contributed by atoms with Crippen LogP contribution in [0.3, 0.4) is 0 Å². The van der Waals surface area contributed by atoms with Crippen molar-refractivity contribution in [3.63, 3.8) is 0 Å². The number of hydrogen-bond donors (Lipinski definition) is 0. The first-order valence-corrected chi connectivity index (χ1v) is 9.24. The average Bonchev–Trinajstić information content (AvgIpc) is 2.81. The van der Waals surface area contributed by atoms with Crippen LogP contribution in [0.1, 0.15) is 11.1 Å². The van der Waals surface area contributed by atoms with Gasteiger partial charge in [-0.25, -0.2) is 0 Å². The second-order valence-electron chi connectivity index (χ2n) is 6.41. The molecule has 162 valence electrons. The summed E-state index contributed by atoms with van der Waals surface area (Å²) in [6.07, 6.45) is 3.23. The van der Waals surface area contributed by atoms with E-state index in [1.807, 2.05) is 24.3 Å². The standard InChI is InChI=1S/C22H18N4O6/c1-31-21-11-17(25(27)28)7-9-19(21)23-13-15-3-5-16(6-4-15)14-24-20-10-8-18(26(29)30)12-22(20)32-2/h3-14H,1-2H3. The molecule has 0 N–H and O–H groups in total. The minimum absolute atomic E-state index is 0.0749. The Kier molecular flexibility index (Phi) is 6.86. The Morgan fingerprint density at radius 3 is 1.38 bits per heavy atom. The number of hydrogen-bond acceptors (Lipinski definition) is 8. The number of nitro groups is 2. The molecule has 0 bridgehead atoms. The summed E-state index contributed by atoms with van der Waals surface area (Å²) in [7, 11) is 2.85. The molecule has 0 radical (unpaired) electrons. The second-order valence-corrected chi connectivity index (χ2v) is 6.41. The van der Waals surface area contributed by atoms with Crippen LogP contribution in [0.15, 0.2) is 70.6 Å². The van der Waals surface area contributed by atoms with Gasteiger partial charge in [-0.1, -0.05) is 24.3 Å². The van der Waals surface area contributed by atoms with E-state index in [2.05, 4.69) is 9.98 Å². The van der Waals surface area contributed by atoms with Gasteiger partial charge in [-0.2, -0.15) is 0 Å². The molecule has 0 unspecified atom stereocenters. The zero-order valence-corrected chi connectivity index (χ0v) is 17.2. The third-order valence-corrected chi connectivity index (χ3v) is 4.39. The molecule has 0 spiro atoms. The lowest BCUT2D eigenvalue weighted by Crippen LogP contribution is -1.91. The van der Waals surface area contributed by atoms with E-state index in [-0.39, 0.29) is 11.4 Å². The van der Waals surface area contributed by atoms with Crippen molar-refractivity contribution in [1.29, 1.82) is 0 Å². The molecule has 0 heterocycles. The molecule has 0 aliphatic heterocycles. The largest absolute Gasteiger partial charge is 0.494 e. The Balaban J connectivity index is 1.75. The van der Waals surface area contributed by atoms with E-state index in [9.17, 15) is 20.2 Å². The normalized spacial score (nSPS) is 11.1. The van der Waals surface area contributed by atoms with Gasteiger partial charge in [-0.05, 0) is 23.3 Å². The Morgan fingerprint density at radius 2 is 1.06 bits per heavy atom. The van der Waals surface area contributed by atoms with Gasteiger partial charge in [0.25, 0.3) is 11.4 Å². The zero-order chi connectivity index (χ0) is 23.1. The van der Waals surface area contributed by atoms with Crippen molar-refractivity contribution < 1.29 is 19.3 Å². The molecule has 0 fully saturated rings. The van der Waals surface area contributed by atoms with Gasteiger partial charge in [0.2, 0.25) is 0 Å². The molecule has 10 heteroatoms. The van der Waals surface area contributed by atoms with Crippen LogP contribution in [0, 0.1) is 20.2 Å². The van der Waals surface area contributed by atoms with Crippen LogP contribution in [0.5, 0.6) is 11.5 Å². The minimum Gasteiger partial charge on any atom is -0.494 e. The van der Waals surface area contributed by atoms with E-state index in [0.29, 0.717) is 22.9 Å². The van der Waals surface area contributed by atoms with Crippen molar-refractivity contribution in [2.75, 3.05) is 14.2 Å². The lowest BCUT2D eigenvalue weighted by Gasteiger charge is -2.04. The van der Waals surface area contributed by atoms with Crippen LogP contribution in [-0.2, 0) is 0 Å². The number of ether oxygens (including phenoxy) is 2. The molecule has 0 saturated heterocycles. The first-order chi connectivity index (χ1) is 15.4. The minimum atomic E-state index is -0.497. The molecule has 32 heavy (non-hydrogen) atoms. The van der Waals surface area contributed by atoms with E-state index >= 15 is 0 Å². The molecule has 3 aromatic rings. The molecule has 10 nitrogen and oxygen atoms in total. The fourth-order valence-electron chi connectivity index (χ4n) is 2.73. The van der Waals surface area contributed by atoms with Gasteiger partial charge in [0, 0.05) is 24.6 Å². The van der Waals surface area contributed by atoms with E-state index in [0.717, 1.165) is 11.1 Å². The first-order valence-electron chi connectivity index (χ1n) is 9.24. The average molecular weight is 434 g/mol. The topological polar surface area (TPSA) is 129 Å². The van der Waals surface area contributed by atoms with Gasteiger partial charge in [-0.15, -0.1) is 0 Å². The molecule has 0 saturated carbocycles. The highest BCUT2D eigenvalue weighted by atomic mass is 16.6. The van der Waals surface area contributed by atoms with Gasteiger partial charge in [0.05, 0.1) is 36.2 Å². The third-order valence-electron chi connectivity index (χ3n) is 4.39. The maximum Gasteiger partial charge on any atom is 0.273 e. The van der Waals surface area contributed by atoms with Crippen molar-refractivity contribution in [3.8, 4) is 11.5 Å². The monoisotopic (exact) mass is 434 g/mol. The fraction of sp³-hybridized carbons (Fsp3) is 0.0909. The molecule has 0 atom stereocenters. The summed E-state index contributed by atoms with van der Waals surface area (Å²) in [5.41, 5.74) is 2.39. The van der Waals surface area contributed by atoms with Crippen LogP contribution in [0.2, 0.25) is 0 Å². The van der Waals surface area contributed by atoms with Crippen LogP contribution in [0.4, 0.5) is 22.7 Å². The maximum atomic E-state index is 10.9. The maximum absolute atomic E-state index is 10.9. The Labute approximate surface area is 182 Å². The van der Waals surface area contributed by atoms with E-state index in [1.165, 1.54) is 50.6 Å². The molecule has 0 amide bonds. The molecular formula is C22H18N4O6. The molecule has 0 aliphatic rings. The number of nitro benzene ring substituents is 2. The summed E-state index contributed by atoms with van der Waals surface area (Å²) in [4.78, 5) is 29.4. The predicted molar refractivity (Wildman–Crippen MR) is 120 cm³/mol. The smallest absolute Gasteiger partial charge is 0.273 e. The number of methoxy groups -OCH3 is 2. The molecular weight excluding hydrogens is 416 g/mol. The number of rotatable bonds is 8. The van der Waals surface area contributed by atoms with Gasteiger partial charge in [0.15, 0.2) is 11.5 Å². The summed E-state index contributed by atoms with van der Waals surface area (Å²) < 4.78 is 10.3. The van der Waals surface area contributed by atoms with Crippen LogP contribution in [0.25, 0.3) is 0 Å². The van der Waals surface area contributed by atoms with Crippen LogP contribution < -0.4 is 9.47 Å². The van der Waals surface area contributed by atoms with Crippen LogP contribution >= 0.6 is 0 Å². The van der Waals surface area contributed by atoms with Crippen molar-refractivity contribution in [2.24, 2.45) is 9.98 Å². The molecule has 3 aromatic carbocycles. The first kappa shape index (κ1) is 22.1. The fourth-order valence-corrected chi connectivity index (χ4v) is 2.73. The van der Waals surface area contributed by atoms with Crippen molar-refractivity contribution in [3.05, 3.63) is 92.0 Å². The summed E-state index contributed by atoms with van der Waals surface area (Å²) in [5.74, 6) is 0.604. The van der Waals surface area contributed by atoms with E-state index in [1.54, 1.807) is 12.4 Å². The number of aliphatic imine (C=N–C) groups is 2. The highest BCUT2D eigenvalue weighted by molar-refractivity contribution is 5.87. The van der Waals surface area contributed by atoms with Crippen molar-refractivity contribution in [1.82, 2.24) is 0 Å². The highest BCUT2D eigenvalue weighted by Gasteiger charge is 2.11. The summed E-state index contributed by atoms with van der Waals surface area (Å²) in [5, 5.41) is 21.8. The van der Waals surface area contributed by atoms with Gasteiger partial charge >= 0.3 is 0 Å². The quantitative estimate of drug-likeness (QED) is 0.278. The van der Waals surface area contributed by atoms with Crippen LogP contribution in [-0.4, -0.2) is 36.5 Å². The lowest BCUT2D eigenvalue weighted by atomic mass is 10.1. The van der Waals surface area contributed by atoms with Gasteiger partial charge in [-0.3, -0.25) is 30.2 Å². The zero-order valence-electron chi connectivity index (χ0n) is 17.2. The van der Waals surface area contributed by atoms with Crippen molar-refractivity contribution >= 4 is 35.2 Å². The lowest BCUT2D eigenvalue weighted by molar-refractivity contribution is -0.385. The van der Waals surface area contributed by atoms with Gasteiger partial charge < -0.3 is 9.47 Å². The molecule has 0 aromatic heterocycles. The number of nitrogens with zero attached hydrogens (tertiary/aromatic N) is 4. The van der Waals surface area contributed by atoms with E-state index in [4.69, 9.17) is 9.47 Å². The van der Waals surface area contributed by atoms with Gasteiger partial charge in [0.1, 0.15) is 11.4 Å². The van der Waals surface area contributed by atoms with Crippen molar-refractivity contribution in [2.45, 2.75) is 0 Å². The molecule has 0 aliphatic carbocycles. The predicted octanol–water partition coefficient (Wildman–Crippen LogP) is 5.02. The number of benzene rings is 3. The summed E-state index contributed by atoms with van der Waals surface area (Å²) in [6, 6.07) is 15.7. The molecule has 3 rings (SSSR count). The third kappa shape index (κ3) is 5.30. The summed E-state index contributed by atoms with van der Waals surface area (Å²) >= 11 is 0. The second kappa shape index (κ2) is 9.94. The highest BCUT2D eigenvalue weighted by Crippen LogP contribution is 2.32.